The van der Waals surface area contributed by atoms with Gasteiger partial charge in [-0.3, -0.25) is 9.59 Å². The Kier molecular flexibility index (Phi) is 5.62. The predicted octanol–water partition coefficient (Wildman–Crippen LogP) is 4.98. The fourth-order valence-electron chi connectivity index (χ4n) is 4.35. The summed E-state index contributed by atoms with van der Waals surface area (Å²) in [5, 5.41) is 10.6. The van der Waals surface area contributed by atoms with Crippen LogP contribution in [-0.2, 0) is 4.79 Å². The number of thioether (sulfide) groups is 1. The van der Waals surface area contributed by atoms with Gasteiger partial charge < -0.3 is 10.1 Å². The first kappa shape index (κ1) is 21.9. The second kappa shape index (κ2) is 8.46. The molecule has 5 rings (SSSR count). The molecule has 1 unspecified atom stereocenters. The number of Topliss-reactive ketones (excluding diaryl/α,β-unsaturated/α-hetero) is 2. The zero-order valence-electron chi connectivity index (χ0n) is 18.6. The van der Waals surface area contributed by atoms with Gasteiger partial charge >= 0.3 is 0 Å². The highest BCUT2D eigenvalue weighted by Crippen LogP contribution is 2.46. The summed E-state index contributed by atoms with van der Waals surface area (Å²) in [6.45, 7) is 4.23. The molecule has 1 aliphatic carbocycles. The highest BCUT2D eigenvalue weighted by molar-refractivity contribution is 7.99. The highest BCUT2D eigenvalue weighted by atomic mass is 32.2. The van der Waals surface area contributed by atoms with Crippen molar-refractivity contribution in [3.63, 3.8) is 0 Å². The van der Waals surface area contributed by atoms with Gasteiger partial charge in [0.1, 0.15) is 11.8 Å². The smallest absolute Gasteiger partial charge is 0.227 e. The first-order valence-electron chi connectivity index (χ1n) is 10.7. The van der Waals surface area contributed by atoms with E-state index in [1.54, 1.807) is 47.4 Å². The Hall–Kier alpha value is -2.91. The Morgan fingerprint density at radius 1 is 1.27 bits per heavy atom. The number of benzene rings is 1. The lowest BCUT2D eigenvalue weighted by Crippen LogP contribution is -2.36. The summed E-state index contributed by atoms with van der Waals surface area (Å²) in [7, 11) is 1.59. The summed E-state index contributed by atoms with van der Waals surface area (Å²) >= 11 is 2.90. The van der Waals surface area contributed by atoms with Gasteiger partial charge in [0.05, 0.1) is 12.9 Å². The molecule has 0 amide bonds. The minimum absolute atomic E-state index is 0.00691. The van der Waals surface area contributed by atoms with E-state index in [0.717, 1.165) is 22.6 Å². The van der Waals surface area contributed by atoms with E-state index < -0.39 is 0 Å². The van der Waals surface area contributed by atoms with Gasteiger partial charge in [-0.25, -0.2) is 4.68 Å². The summed E-state index contributed by atoms with van der Waals surface area (Å²) in [4.78, 5) is 31.5. The van der Waals surface area contributed by atoms with Gasteiger partial charge in [-0.05, 0) is 47.5 Å². The number of fused-ring (bicyclic) bond motifs is 1. The number of allylic oxidation sites excluding steroid dienone is 2. The molecule has 7 nitrogen and oxygen atoms in total. The third-order valence-corrected chi connectivity index (χ3v) is 7.63. The molecule has 9 heteroatoms. The topological polar surface area (TPSA) is 86.1 Å². The van der Waals surface area contributed by atoms with Crippen molar-refractivity contribution in [2.45, 2.75) is 37.9 Å². The van der Waals surface area contributed by atoms with Crippen molar-refractivity contribution >= 4 is 40.6 Å². The predicted molar refractivity (Wildman–Crippen MR) is 129 cm³/mol. The van der Waals surface area contributed by atoms with Crippen LogP contribution in [0.25, 0.3) is 0 Å². The number of thiophene rings is 1. The van der Waals surface area contributed by atoms with Crippen LogP contribution in [-0.4, -0.2) is 39.2 Å². The van der Waals surface area contributed by atoms with Crippen molar-refractivity contribution in [1.29, 1.82) is 0 Å². The Bertz CT molecular complexity index is 1240. The fourth-order valence-corrected chi connectivity index (χ4v) is 5.89. The van der Waals surface area contributed by atoms with E-state index in [0.29, 0.717) is 28.8 Å². The van der Waals surface area contributed by atoms with Gasteiger partial charge in [-0.2, -0.15) is 4.98 Å². The largest absolute Gasteiger partial charge is 0.497 e. The van der Waals surface area contributed by atoms with Crippen molar-refractivity contribution in [2.75, 3.05) is 18.2 Å². The monoisotopic (exact) mass is 480 g/mol. The molecule has 0 saturated carbocycles. The molecule has 0 spiro atoms. The van der Waals surface area contributed by atoms with Crippen LogP contribution >= 0.6 is 23.1 Å². The number of carbonyl (C=O) groups is 2. The summed E-state index contributed by atoms with van der Waals surface area (Å²) < 4.78 is 6.95. The standard InChI is InChI=1S/C24H24N4O3S2/c1-24(2)11-16-20(17(29)12-24)21(19-5-4-10-32-19)28-22(25-16)26-23(27-28)33-13-18(30)14-6-8-15(31-3)9-7-14/h4-10,21H,11-13H2,1-3H3,(H,25,26,27). The molecule has 0 bridgehead atoms. The second-order valence-electron chi connectivity index (χ2n) is 8.98. The van der Waals surface area contributed by atoms with E-state index in [1.165, 1.54) is 11.8 Å². The SMILES string of the molecule is COc1ccc(C(=O)CSc2nc3n(n2)C(c2cccs2)C2=C(CC(C)(C)CC2=O)N3)cc1. The van der Waals surface area contributed by atoms with Crippen LogP contribution in [0.5, 0.6) is 5.75 Å². The van der Waals surface area contributed by atoms with Crippen molar-refractivity contribution in [3.8, 4) is 5.75 Å². The molecule has 2 aliphatic rings. The van der Waals surface area contributed by atoms with Crippen LogP contribution in [0, 0.1) is 5.41 Å². The average Bonchev–Trinajstić information content (AvgIpc) is 3.45. The van der Waals surface area contributed by atoms with Gasteiger partial charge in [0.2, 0.25) is 11.1 Å². The van der Waals surface area contributed by atoms with Crippen molar-refractivity contribution in [3.05, 3.63) is 63.5 Å². The summed E-state index contributed by atoms with van der Waals surface area (Å²) in [5.41, 5.74) is 2.22. The van der Waals surface area contributed by atoms with E-state index in [9.17, 15) is 9.59 Å². The van der Waals surface area contributed by atoms with Gasteiger partial charge in [-0.1, -0.05) is 31.7 Å². The zero-order chi connectivity index (χ0) is 23.2. The fraction of sp³-hybridized carbons (Fsp3) is 0.333. The lowest BCUT2D eigenvalue weighted by atomic mass is 9.73. The van der Waals surface area contributed by atoms with Crippen LogP contribution < -0.4 is 10.1 Å². The van der Waals surface area contributed by atoms with Gasteiger partial charge in [0, 0.05) is 28.1 Å². The Balaban J connectivity index is 1.41. The molecule has 3 heterocycles. The van der Waals surface area contributed by atoms with Crippen LogP contribution in [0.4, 0.5) is 5.95 Å². The number of ether oxygens (including phenoxy) is 1. The van der Waals surface area contributed by atoms with Crippen molar-refractivity contribution < 1.29 is 14.3 Å². The van der Waals surface area contributed by atoms with Gasteiger partial charge in [0.25, 0.3) is 0 Å². The molecule has 170 valence electrons. The summed E-state index contributed by atoms with van der Waals surface area (Å²) in [6.07, 6.45) is 1.29. The van der Waals surface area contributed by atoms with E-state index in [1.807, 2.05) is 17.5 Å². The number of ketones is 2. The molecule has 0 fully saturated rings. The maximum Gasteiger partial charge on any atom is 0.227 e. The number of nitrogens with one attached hydrogen (secondary N) is 1. The number of carbonyl (C=O) groups excluding carboxylic acids is 2. The number of nitrogens with zero attached hydrogens (tertiary/aromatic N) is 3. The number of aromatic nitrogens is 3. The lowest BCUT2D eigenvalue weighted by molar-refractivity contribution is -0.118. The Morgan fingerprint density at radius 2 is 2.06 bits per heavy atom. The summed E-state index contributed by atoms with van der Waals surface area (Å²) in [6, 6.07) is 10.8. The molecule has 0 saturated heterocycles. The second-order valence-corrected chi connectivity index (χ2v) is 10.9. The molecular formula is C24H24N4O3S2. The Morgan fingerprint density at radius 3 is 2.76 bits per heavy atom. The molecule has 1 N–H and O–H groups in total. The minimum atomic E-state index is -0.293. The lowest BCUT2D eigenvalue weighted by Gasteiger charge is -2.37. The molecule has 33 heavy (non-hydrogen) atoms. The van der Waals surface area contributed by atoms with E-state index in [-0.39, 0.29) is 28.8 Å². The maximum atomic E-state index is 13.2. The molecule has 0 radical (unpaired) electrons. The maximum absolute atomic E-state index is 13.2. The van der Waals surface area contributed by atoms with Gasteiger partial charge in [-0.15, -0.1) is 16.4 Å². The normalized spacial score (nSPS) is 19.0. The molecule has 1 aliphatic heterocycles. The average molecular weight is 481 g/mol. The van der Waals surface area contributed by atoms with Crippen LogP contribution in [0.2, 0.25) is 0 Å². The molecule has 1 atom stereocenters. The third kappa shape index (κ3) is 4.22. The number of anilines is 1. The van der Waals surface area contributed by atoms with Crippen molar-refractivity contribution in [1.82, 2.24) is 14.8 Å². The third-order valence-electron chi connectivity index (χ3n) is 5.87. The van der Waals surface area contributed by atoms with Crippen LogP contribution in [0.1, 0.15) is 48.0 Å². The van der Waals surface area contributed by atoms with Crippen LogP contribution in [0.3, 0.4) is 0 Å². The molecule has 3 aromatic rings. The first-order chi connectivity index (χ1) is 15.8. The van der Waals surface area contributed by atoms with E-state index in [4.69, 9.17) is 9.84 Å². The van der Waals surface area contributed by atoms with Crippen LogP contribution in [0.15, 0.2) is 58.2 Å². The molecule has 2 aromatic heterocycles. The minimum Gasteiger partial charge on any atom is -0.497 e. The van der Waals surface area contributed by atoms with Gasteiger partial charge in [0.15, 0.2) is 11.6 Å². The number of rotatable bonds is 6. The molecular weight excluding hydrogens is 456 g/mol. The Labute approximate surface area is 200 Å². The molecule has 1 aromatic carbocycles. The quantitative estimate of drug-likeness (QED) is 0.393. The highest BCUT2D eigenvalue weighted by Gasteiger charge is 2.42. The van der Waals surface area contributed by atoms with E-state index >= 15 is 0 Å². The summed E-state index contributed by atoms with van der Waals surface area (Å²) in [5.74, 6) is 1.68. The first-order valence-corrected chi connectivity index (χ1v) is 12.5. The van der Waals surface area contributed by atoms with Crippen molar-refractivity contribution in [2.24, 2.45) is 5.41 Å². The number of methoxy groups -OCH3 is 1. The number of hydrogen-bond acceptors (Lipinski definition) is 8. The number of hydrogen-bond donors (Lipinski definition) is 1. The van der Waals surface area contributed by atoms with E-state index in [2.05, 4.69) is 24.1 Å². The zero-order valence-corrected chi connectivity index (χ0v) is 20.3.